The average molecular weight is 356 g/mol. The number of hydrogen-bond donors (Lipinski definition) is 1. The monoisotopic (exact) mass is 356 g/mol. The number of likely N-dealkylation sites (N-methyl/N-ethyl adjacent to an activating group) is 1. The fraction of sp³-hybridized carbons (Fsp3) is 0.421. The maximum atomic E-state index is 10.9. The van der Waals surface area contributed by atoms with E-state index < -0.39 is 5.97 Å². The van der Waals surface area contributed by atoms with Crippen LogP contribution in [0.4, 0.5) is 0 Å². The molecule has 1 aromatic carbocycles. The van der Waals surface area contributed by atoms with Gasteiger partial charge in [0.05, 0.1) is 11.9 Å². The largest absolute Gasteiger partial charge is 0.482 e. The van der Waals surface area contributed by atoms with Gasteiger partial charge in [0.2, 0.25) is 0 Å². The first-order valence-corrected chi connectivity index (χ1v) is 8.76. The van der Waals surface area contributed by atoms with E-state index in [0.717, 1.165) is 56.0 Å². The zero-order valence-corrected chi connectivity index (χ0v) is 15.0. The van der Waals surface area contributed by atoms with Crippen LogP contribution in [0, 0.1) is 0 Å². The number of aromatic nitrogens is 2. The van der Waals surface area contributed by atoms with Gasteiger partial charge in [0, 0.05) is 43.2 Å². The molecule has 3 rings (SSSR count). The van der Waals surface area contributed by atoms with E-state index in [0.29, 0.717) is 5.75 Å². The van der Waals surface area contributed by atoms with Crippen molar-refractivity contribution in [3.63, 3.8) is 0 Å². The Morgan fingerprint density at radius 1 is 1.23 bits per heavy atom. The van der Waals surface area contributed by atoms with Gasteiger partial charge in [-0.3, -0.25) is 14.9 Å². The van der Waals surface area contributed by atoms with Gasteiger partial charge in [0.1, 0.15) is 5.75 Å². The fourth-order valence-electron chi connectivity index (χ4n) is 3.09. The van der Waals surface area contributed by atoms with E-state index in [-0.39, 0.29) is 6.61 Å². The molecular formula is C19H24N4O3. The Hall–Kier alpha value is -2.51. The van der Waals surface area contributed by atoms with Crippen molar-refractivity contribution >= 4 is 5.97 Å². The van der Waals surface area contributed by atoms with Crippen molar-refractivity contribution < 1.29 is 14.6 Å². The van der Waals surface area contributed by atoms with Crippen molar-refractivity contribution in [2.24, 2.45) is 0 Å². The Kier molecular flexibility index (Phi) is 6.14. The number of benzene rings is 1. The summed E-state index contributed by atoms with van der Waals surface area (Å²) < 4.78 is 5.51. The lowest BCUT2D eigenvalue weighted by atomic mass is 10.1. The van der Waals surface area contributed by atoms with Crippen molar-refractivity contribution in [2.75, 3.05) is 39.8 Å². The highest BCUT2D eigenvalue weighted by molar-refractivity contribution is 5.69. The number of hydrogen-bond acceptors (Lipinski definition) is 6. The van der Waals surface area contributed by atoms with Crippen LogP contribution in [0.3, 0.4) is 0 Å². The van der Waals surface area contributed by atoms with Gasteiger partial charge in [-0.2, -0.15) is 0 Å². The molecule has 26 heavy (non-hydrogen) atoms. The molecule has 1 aromatic heterocycles. The van der Waals surface area contributed by atoms with Crippen molar-refractivity contribution in [3.8, 4) is 17.0 Å². The summed E-state index contributed by atoms with van der Waals surface area (Å²) in [5.41, 5.74) is 2.70. The van der Waals surface area contributed by atoms with E-state index >= 15 is 0 Å². The van der Waals surface area contributed by atoms with Crippen molar-refractivity contribution in [2.45, 2.75) is 13.0 Å². The number of ether oxygens (including phenoxy) is 1. The molecule has 0 unspecified atom stereocenters. The molecule has 0 radical (unpaired) electrons. The SMILES string of the molecule is CN1CCCN(Cc2cc(-c3cnccn3)ccc2OCC(=O)O)CC1. The zero-order valence-electron chi connectivity index (χ0n) is 15.0. The lowest BCUT2D eigenvalue weighted by molar-refractivity contribution is -0.139. The number of carboxylic acid groups (broad SMARTS) is 1. The number of rotatable bonds is 6. The summed E-state index contributed by atoms with van der Waals surface area (Å²) in [4.78, 5) is 24.1. The Morgan fingerprint density at radius 2 is 2.12 bits per heavy atom. The third-order valence-electron chi connectivity index (χ3n) is 4.48. The first-order chi connectivity index (χ1) is 12.6. The van der Waals surface area contributed by atoms with E-state index in [1.807, 2.05) is 18.2 Å². The molecule has 7 nitrogen and oxygen atoms in total. The minimum Gasteiger partial charge on any atom is -0.482 e. The Labute approximate surface area is 153 Å². The second-order valence-corrected chi connectivity index (χ2v) is 6.53. The van der Waals surface area contributed by atoms with Gasteiger partial charge in [-0.15, -0.1) is 0 Å². The normalized spacial score (nSPS) is 16.2. The van der Waals surface area contributed by atoms with Crippen LogP contribution in [-0.4, -0.2) is 70.7 Å². The summed E-state index contributed by atoms with van der Waals surface area (Å²) in [6.45, 7) is 4.48. The Morgan fingerprint density at radius 3 is 2.88 bits per heavy atom. The second kappa shape index (κ2) is 8.73. The molecule has 1 fully saturated rings. The molecule has 1 aliphatic rings. The summed E-state index contributed by atoms with van der Waals surface area (Å²) >= 11 is 0. The van der Waals surface area contributed by atoms with Crippen LogP contribution in [0.25, 0.3) is 11.3 Å². The Bertz CT molecular complexity index is 739. The highest BCUT2D eigenvalue weighted by Gasteiger charge is 2.16. The molecule has 1 aliphatic heterocycles. The lowest BCUT2D eigenvalue weighted by Crippen LogP contribution is -2.28. The van der Waals surface area contributed by atoms with Gasteiger partial charge in [-0.25, -0.2) is 4.79 Å². The smallest absolute Gasteiger partial charge is 0.341 e. The summed E-state index contributed by atoms with van der Waals surface area (Å²) in [5, 5.41) is 8.93. The van der Waals surface area contributed by atoms with Gasteiger partial charge >= 0.3 is 5.97 Å². The topological polar surface area (TPSA) is 78.8 Å². The minimum atomic E-state index is -0.981. The quantitative estimate of drug-likeness (QED) is 0.845. The molecule has 2 heterocycles. The second-order valence-electron chi connectivity index (χ2n) is 6.53. The summed E-state index contributed by atoms with van der Waals surface area (Å²) in [7, 11) is 2.14. The summed E-state index contributed by atoms with van der Waals surface area (Å²) in [6.07, 6.45) is 6.14. The molecule has 7 heteroatoms. The minimum absolute atomic E-state index is 0.347. The van der Waals surface area contributed by atoms with Crippen molar-refractivity contribution in [1.29, 1.82) is 0 Å². The molecule has 0 bridgehead atoms. The van der Waals surface area contributed by atoms with Gasteiger partial charge < -0.3 is 14.7 Å². The van der Waals surface area contributed by atoms with Crippen LogP contribution in [0.2, 0.25) is 0 Å². The van der Waals surface area contributed by atoms with Crippen LogP contribution in [-0.2, 0) is 11.3 Å². The van der Waals surface area contributed by atoms with E-state index in [1.165, 1.54) is 0 Å². The molecule has 0 aliphatic carbocycles. The number of nitrogens with zero attached hydrogens (tertiary/aromatic N) is 4. The van der Waals surface area contributed by atoms with E-state index in [4.69, 9.17) is 9.84 Å². The summed E-state index contributed by atoms with van der Waals surface area (Å²) in [5.74, 6) is -0.372. The van der Waals surface area contributed by atoms with Crippen molar-refractivity contribution in [1.82, 2.24) is 19.8 Å². The Balaban J connectivity index is 1.84. The molecule has 0 atom stereocenters. The van der Waals surface area contributed by atoms with E-state index in [2.05, 4.69) is 26.8 Å². The third-order valence-corrected chi connectivity index (χ3v) is 4.48. The lowest BCUT2D eigenvalue weighted by Gasteiger charge is -2.22. The van der Waals surface area contributed by atoms with Crippen LogP contribution < -0.4 is 4.74 Å². The highest BCUT2D eigenvalue weighted by atomic mass is 16.5. The van der Waals surface area contributed by atoms with Crippen LogP contribution >= 0.6 is 0 Å². The zero-order chi connectivity index (χ0) is 18.4. The molecular weight excluding hydrogens is 332 g/mol. The third kappa shape index (κ3) is 5.00. The molecule has 0 amide bonds. The number of aliphatic carboxylic acids is 1. The maximum absolute atomic E-state index is 10.9. The van der Waals surface area contributed by atoms with Crippen molar-refractivity contribution in [3.05, 3.63) is 42.4 Å². The molecule has 1 N–H and O–H groups in total. The van der Waals surface area contributed by atoms with Gasteiger partial charge in [0.15, 0.2) is 6.61 Å². The molecule has 138 valence electrons. The molecule has 1 saturated heterocycles. The van der Waals surface area contributed by atoms with E-state index in [1.54, 1.807) is 18.6 Å². The first-order valence-electron chi connectivity index (χ1n) is 8.76. The van der Waals surface area contributed by atoms with Crippen LogP contribution in [0.5, 0.6) is 5.75 Å². The first kappa shape index (κ1) is 18.3. The predicted molar refractivity (Wildman–Crippen MR) is 98.0 cm³/mol. The fourth-order valence-corrected chi connectivity index (χ4v) is 3.09. The molecule has 0 spiro atoms. The van der Waals surface area contributed by atoms with Gasteiger partial charge in [-0.1, -0.05) is 0 Å². The van der Waals surface area contributed by atoms with E-state index in [9.17, 15) is 4.79 Å². The predicted octanol–water partition coefficient (Wildman–Crippen LogP) is 1.74. The van der Waals surface area contributed by atoms with Gasteiger partial charge in [0.25, 0.3) is 0 Å². The highest BCUT2D eigenvalue weighted by Crippen LogP contribution is 2.27. The number of carboxylic acids is 1. The van der Waals surface area contributed by atoms with Crippen LogP contribution in [0.1, 0.15) is 12.0 Å². The standard InChI is InChI=1S/C19H24N4O3/c1-22-7-2-8-23(10-9-22)13-16-11-15(17-12-20-5-6-21-17)3-4-18(16)26-14-19(24)25/h3-6,11-12H,2,7-10,13-14H2,1H3,(H,24,25). The van der Waals surface area contributed by atoms with Gasteiger partial charge in [-0.05, 0) is 44.8 Å². The maximum Gasteiger partial charge on any atom is 0.341 e. The number of carbonyl (C=O) groups is 1. The molecule has 2 aromatic rings. The summed E-state index contributed by atoms with van der Waals surface area (Å²) in [6, 6.07) is 5.74. The average Bonchev–Trinajstić information content (AvgIpc) is 2.85. The van der Waals surface area contributed by atoms with Crippen LogP contribution in [0.15, 0.2) is 36.8 Å². The molecule has 0 saturated carbocycles.